The van der Waals surface area contributed by atoms with Gasteiger partial charge in [0.1, 0.15) is 5.56 Å². The molecule has 29 heavy (non-hydrogen) atoms. The molecule has 1 heterocycles. The number of benzene rings is 1. The van der Waals surface area contributed by atoms with Crippen LogP contribution in [0.1, 0.15) is 34.1 Å². The second kappa shape index (κ2) is 8.98. The number of sulfone groups is 1. The third-order valence-electron chi connectivity index (χ3n) is 4.17. The first-order valence-corrected chi connectivity index (χ1v) is 11.1. The van der Waals surface area contributed by atoms with Crippen LogP contribution in [0.2, 0.25) is 5.02 Å². The van der Waals surface area contributed by atoms with Crippen LogP contribution in [0.3, 0.4) is 0 Å². The highest BCUT2D eigenvalue weighted by molar-refractivity contribution is 7.90. The quantitative estimate of drug-likeness (QED) is 0.485. The number of hydrogen-bond donors (Lipinski definition) is 2. The Morgan fingerprint density at radius 1 is 1.38 bits per heavy atom. The first-order chi connectivity index (χ1) is 13.5. The first-order valence-electron chi connectivity index (χ1n) is 8.44. The minimum absolute atomic E-state index is 0.0103. The monoisotopic (exact) mass is 458 g/mol. The van der Waals surface area contributed by atoms with Crippen molar-refractivity contribution in [1.29, 1.82) is 0 Å². The maximum atomic E-state index is 13.1. The molecule has 0 fully saturated rings. The zero-order valence-corrected chi connectivity index (χ0v) is 18.3. The molecule has 1 aromatic carbocycles. The Kier molecular flexibility index (Phi) is 7.10. The lowest BCUT2D eigenvalue weighted by atomic mass is 10.0. The highest BCUT2D eigenvalue weighted by Gasteiger charge is 2.26. The molecule has 1 aromatic heterocycles. The van der Waals surface area contributed by atoms with Crippen LogP contribution in [0.25, 0.3) is 0 Å². The normalized spacial score (nSPS) is 12.7. The van der Waals surface area contributed by atoms with E-state index >= 15 is 0 Å². The van der Waals surface area contributed by atoms with E-state index in [0.717, 1.165) is 12.5 Å². The first kappa shape index (κ1) is 22.9. The summed E-state index contributed by atoms with van der Waals surface area (Å²) in [5.41, 5.74) is 5.34. The Labute approximate surface area is 177 Å². The van der Waals surface area contributed by atoms with Crippen LogP contribution in [-0.4, -0.2) is 36.5 Å². The van der Waals surface area contributed by atoms with Gasteiger partial charge >= 0.3 is 0 Å². The SMILES string of the molecule is CCc1[nH]n(C)c(=O)c1C(=O)c1ccc(S(C)(=O)=O)c(CN=CC(Cl)=CN)c1Cl. The molecule has 0 amide bonds. The third-order valence-corrected chi connectivity index (χ3v) is 6.01. The molecule has 0 aliphatic rings. The second-order valence-corrected chi connectivity index (χ2v) is 9.01. The molecular weight excluding hydrogens is 439 g/mol. The number of halogens is 2. The molecule has 3 N–H and O–H groups in total. The Morgan fingerprint density at radius 2 is 2.03 bits per heavy atom. The van der Waals surface area contributed by atoms with Crippen molar-refractivity contribution >= 4 is 45.0 Å². The number of nitrogens with one attached hydrogen (secondary N) is 1. The lowest BCUT2D eigenvalue weighted by molar-refractivity contribution is 0.103. The van der Waals surface area contributed by atoms with Crippen molar-refractivity contribution < 1.29 is 13.2 Å². The van der Waals surface area contributed by atoms with Gasteiger partial charge in [0.25, 0.3) is 5.56 Å². The van der Waals surface area contributed by atoms with E-state index in [1.54, 1.807) is 6.92 Å². The van der Waals surface area contributed by atoms with Gasteiger partial charge in [0, 0.05) is 42.5 Å². The van der Waals surface area contributed by atoms with E-state index in [0.29, 0.717) is 12.1 Å². The largest absolute Gasteiger partial charge is 0.403 e. The van der Waals surface area contributed by atoms with Crippen LogP contribution in [-0.2, 0) is 29.9 Å². The maximum absolute atomic E-state index is 13.1. The fraction of sp³-hybridized carbons (Fsp3) is 0.278. The number of carbonyl (C=O) groups excluding carboxylic acids is 1. The van der Waals surface area contributed by atoms with Gasteiger partial charge in [0.2, 0.25) is 5.78 Å². The van der Waals surface area contributed by atoms with E-state index in [2.05, 4.69) is 10.1 Å². The van der Waals surface area contributed by atoms with Gasteiger partial charge in [-0.3, -0.25) is 24.4 Å². The summed E-state index contributed by atoms with van der Waals surface area (Å²) in [6, 6.07) is 2.58. The summed E-state index contributed by atoms with van der Waals surface area (Å²) in [6.45, 7) is 1.64. The predicted molar refractivity (Wildman–Crippen MR) is 114 cm³/mol. The number of ketones is 1. The number of hydrogen-bond acceptors (Lipinski definition) is 6. The Morgan fingerprint density at radius 3 is 2.59 bits per heavy atom. The molecule has 0 saturated heterocycles. The smallest absolute Gasteiger partial charge is 0.277 e. The van der Waals surface area contributed by atoms with Gasteiger partial charge in [-0.1, -0.05) is 30.1 Å². The highest BCUT2D eigenvalue weighted by atomic mass is 35.5. The van der Waals surface area contributed by atoms with Crippen LogP contribution < -0.4 is 11.3 Å². The molecule has 0 spiro atoms. The van der Waals surface area contributed by atoms with Gasteiger partial charge in [0.05, 0.1) is 21.5 Å². The third kappa shape index (κ3) is 4.80. The van der Waals surface area contributed by atoms with Crippen molar-refractivity contribution in [1.82, 2.24) is 9.78 Å². The number of nitrogens with two attached hydrogens (primary N) is 1. The highest BCUT2D eigenvalue weighted by Crippen LogP contribution is 2.30. The van der Waals surface area contributed by atoms with E-state index in [9.17, 15) is 18.0 Å². The van der Waals surface area contributed by atoms with Gasteiger partial charge in [-0.15, -0.1) is 0 Å². The number of aliphatic imine (C=N–C) groups is 1. The predicted octanol–water partition coefficient (Wildman–Crippen LogP) is 2.17. The molecule has 0 aliphatic carbocycles. The van der Waals surface area contributed by atoms with Gasteiger partial charge < -0.3 is 5.73 Å². The number of aromatic nitrogens is 2. The molecule has 0 atom stereocenters. The fourth-order valence-electron chi connectivity index (χ4n) is 2.77. The molecule has 0 unspecified atom stereocenters. The van der Waals surface area contributed by atoms with Crippen molar-refractivity contribution in [2.75, 3.05) is 6.26 Å². The minimum Gasteiger partial charge on any atom is -0.403 e. The number of rotatable bonds is 7. The number of H-pyrrole nitrogens is 1. The summed E-state index contributed by atoms with van der Waals surface area (Å²) in [7, 11) is -2.15. The molecule has 0 aliphatic heterocycles. The zero-order valence-electron chi connectivity index (χ0n) is 16.0. The van der Waals surface area contributed by atoms with Crippen LogP contribution >= 0.6 is 23.2 Å². The van der Waals surface area contributed by atoms with Gasteiger partial charge in [-0.25, -0.2) is 8.42 Å². The average molecular weight is 459 g/mol. The van der Waals surface area contributed by atoms with Crippen molar-refractivity contribution in [3.05, 3.63) is 61.1 Å². The van der Waals surface area contributed by atoms with Crippen molar-refractivity contribution in [3.8, 4) is 0 Å². The summed E-state index contributed by atoms with van der Waals surface area (Å²) >= 11 is 12.2. The fourth-order valence-corrected chi connectivity index (χ4v) is 4.14. The minimum atomic E-state index is -3.65. The van der Waals surface area contributed by atoms with E-state index in [1.165, 1.54) is 30.1 Å². The molecule has 156 valence electrons. The number of carbonyl (C=O) groups is 1. The molecule has 2 rings (SSSR count). The summed E-state index contributed by atoms with van der Waals surface area (Å²) < 4.78 is 25.5. The molecule has 0 saturated carbocycles. The maximum Gasteiger partial charge on any atom is 0.277 e. The van der Waals surface area contributed by atoms with E-state index in [4.69, 9.17) is 28.9 Å². The van der Waals surface area contributed by atoms with Gasteiger partial charge in [0.15, 0.2) is 9.84 Å². The molecule has 8 nitrogen and oxygen atoms in total. The van der Waals surface area contributed by atoms with Crippen LogP contribution in [0.15, 0.2) is 38.0 Å². The van der Waals surface area contributed by atoms with Crippen molar-refractivity contribution in [3.63, 3.8) is 0 Å². The number of aromatic amines is 1. The van der Waals surface area contributed by atoms with E-state index in [1.807, 2.05) is 0 Å². The van der Waals surface area contributed by atoms with Crippen LogP contribution in [0, 0.1) is 0 Å². The van der Waals surface area contributed by atoms with Crippen LogP contribution in [0.4, 0.5) is 0 Å². The summed E-state index contributed by atoms with van der Waals surface area (Å²) in [5.74, 6) is -0.598. The summed E-state index contributed by atoms with van der Waals surface area (Å²) in [4.78, 5) is 29.4. The summed E-state index contributed by atoms with van der Waals surface area (Å²) in [5, 5.41) is 2.89. The second-order valence-electron chi connectivity index (χ2n) is 6.21. The van der Waals surface area contributed by atoms with Crippen molar-refractivity contribution in [2.24, 2.45) is 17.8 Å². The number of allylic oxidation sites excluding steroid dienone is 1. The van der Waals surface area contributed by atoms with E-state index < -0.39 is 21.2 Å². The lowest BCUT2D eigenvalue weighted by Crippen LogP contribution is -2.20. The van der Waals surface area contributed by atoms with Crippen molar-refractivity contribution in [2.45, 2.75) is 24.8 Å². The average Bonchev–Trinajstić information content (AvgIpc) is 2.95. The number of nitrogens with zero attached hydrogens (tertiary/aromatic N) is 2. The van der Waals surface area contributed by atoms with Gasteiger partial charge in [-0.2, -0.15) is 0 Å². The Hall–Kier alpha value is -2.36. The molecular formula is C18H20Cl2N4O4S. The summed E-state index contributed by atoms with van der Waals surface area (Å²) in [6.07, 6.45) is 3.82. The Balaban J connectivity index is 2.66. The zero-order chi connectivity index (χ0) is 21.9. The van der Waals surface area contributed by atoms with E-state index in [-0.39, 0.29) is 38.2 Å². The topological polar surface area (TPSA) is 127 Å². The molecule has 0 bridgehead atoms. The molecule has 11 heteroatoms. The van der Waals surface area contributed by atoms with Crippen LogP contribution in [0.5, 0.6) is 0 Å². The molecule has 2 aromatic rings. The molecule has 0 radical (unpaired) electrons. The lowest BCUT2D eigenvalue weighted by Gasteiger charge is -2.12. The number of aryl methyl sites for hydroxylation is 2. The standard InChI is InChI=1S/C18H20Cl2N4O4S/c1-4-13-15(18(26)24(2)23-13)17(25)11-5-6-14(29(3,27)28)12(16(11)20)9-22-8-10(19)7-21/h5-8,23H,4,9,21H2,1-3H3. The van der Waals surface area contributed by atoms with Gasteiger partial charge in [-0.05, 0) is 18.6 Å². The Bertz CT molecular complexity index is 1180.